The van der Waals surface area contributed by atoms with Gasteiger partial charge in [0.05, 0.1) is 5.75 Å². The lowest BCUT2D eigenvalue weighted by Gasteiger charge is -1.97. The van der Waals surface area contributed by atoms with Gasteiger partial charge in [-0.15, -0.1) is 10.2 Å². The quantitative estimate of drug-likeness (QED) is 0.723. The fourth-order valence-corrected chi connectivity index (χ4v) is 3.20. The molecule has 0 bridgehead atoms. The van der Waals surface area contributed by atoms with Gasteiger partial charge in [-0.25, -0.2) is 0 Å². The summed E-state index contributed by atoms with van der Waals surface area (Å²) in [5, 5.41) is 12.1. The first-order chi connectivity index (χ1) is 10.2. The molecule has 21 heavy (non-hydrogen) atoms. The average molecular weight is 319 g/mol. The van der Waals surface area contributed by atoms with Crippen molar-refractivity contribution in [1.82, 2.24) is 20.3 Å². The number of aryl methyl sites for hydroxylation is 1. The third-order valence-electron chi connectivity index (χ3n) is 2.83. The second kappa shape index (κ2) is 6.23. The van der Waals surface area contributed by atoms with Crippen LogP contribution in [0.25, 0.3) is 11.4 Å². The zero-order valence-electron chi connectivity index (χ0n) is 11.3. The lowest BCUT2D eigenvalue weighted by molar-refractivity contribution is 0.391. The minimum absolute atomic E-state index is 0.458. The molecular weight excluding hydrogens is 306 g/mol. The lowest BCUT2D eigenvalue weighted by Crippen LogP contribution is -1.84. The molecule has 6 nitrogen and oxygen atoms in total. The van der Waals surface area contributed by atoms with E-state index in [1.54, 1.807) is 0 Å². The Bertz CT molecular complexity index is 722. The predicted octanol–water partition coefficient (Wildman–Crippen LogP) is 3.03. The van der Waals surface area contributed by atoms with Crippen LogP contribution in [-0.4, -0.2) is 20.3 Å². The van der Waals surface area contributed by atoms with Crippen LogP contribution in [0.4, 0.5) is 5.13 Å². The van der Waals surface area contributed by atoms with E-state index in [1.165, 1.54) is 28.7 Å². The van der Waals surface area contributed by atoms with E-state index in [1.807, 2.05) is 12.1 Å². The van der Waals surface area contributed by atoms with Gasteiger partial charge in [-0.1, -0.05) is 59.4 Å². The Labute approximate surface area is 129 Å². The first-order valence-corrected chi connectivity index (χ1v) is 8.18. The highest BCUT2D eigenvalue weighted by Crippen LogP contribution is 2.27. The summed E-state index contributed by atoms with van der Waals surface area (Å²) in [6.07, 6.45) is 1.01. The maximum atomic E-state index is 5.53. The topological polar surface area (TPSA) is 90.7 Å². The second-order valence-electron chi connectivity index (χ2n) is 4.26. The Morgan fingerprint density at radius 2 is 2.05 bits per heavy atom. The Balaban J connectivity index is 1.67. The van der Waals surface area contributed by atoms with Gasteiger partial charge in [0, 0.05) is 5.56 Å². The summed E-state index contributed by atoms with van der Waals surface area (Å²) in [5.41, 5.74) is 7.77. The van der Waals surface area contributed by atoms with Crippen molar-refractivity contribution in [2.45, 2.75) is 23.4 Å². The molecule has 2 N–H and O–H groups in total. The smallest absolute Gasteiger partial charge is 0.237 e. The number of nitrogen functional groups attached to an aromatic ring is 1. The van der Waals surface area contributed by atoms with E-state index in [4.69, 9.17) is 10.3 Å². The van der Waals surface area contributed by atoms with Crippen LogP contribution in [0, 0.1) is 0 Å². The number of rotatable bonds is 5. The molecule has 1 aromatic carbocycles. The molecule has 0 spiro atoms. The molecule has 0 aliphatic carbocycles. The number of thioether (sulfide) groups is 1. The predicted molar refractivity (Wildman–Crippen MR) is 83.0 cm³/mol. The summed E-state index contributed by atoms with van der Waals surface area (Å²) in [7, 11) is 0. The number of anilines is 1. The lowest BCUT2D eigenvalue weighted by atomic mass is 10.1. The molecule has 108 valence electrons. The average Bonchev–Trinajstić information content (AvgIpc) is 3.14. The Morgan fingerprint density at radius 3 is 2.71 bits per heavy atom. The molecule has 3 rings (SSSR count). The van der Waals surface area contributed by atoms with E-state index in [2.05, 4.69) is 39.4 Å². The fraction of sp³-hybridized carbons (Fsp3) is 0.231. The van der Waals surface area contributed by atoms with Gasteiger partial charge < -0.3 is 10.3 Å². The Kier molecular flexibility index (Phi) is 4.16. The van der Waals surface area contributed by atoms with Crippen LogP contribution >= 0.6 is 23.1 Å². The van der Waals surface area contributed by atoms with Gasteiger partial charge in [-0.2, -0.15) is 4.98 Å². The number of nitrogens with two attached hydrogens (primary N) is 1. The summed E-state index contributed by atoms with van der Waals surface area (Å²) in [4.78, 5) is 4.38. The molecule has 0 fully saturated rings. The van der Waals surface area contributed by atoms with Crippen LogP contribution in [0.2, 0.25) is 0 Å². The highest BCUT2D eigenvalue weighted by Gasteiger charge is 2.10. The van der Waals surface area contributed by atoms with Gasteiger partial charge in [-0.3, -0.25) is 0 Å². The number of benzene rings is 1. The molecule has 2 heterocycles. The molecule has 0 aliphatic rings. The summed E-state index contributed by atoms with van der Waals surface area (Å²) in [5.74, 6) is 1.71. The number of nitrogens with zero attached hydrogens (tertiary/aromatic N) is 4. The van der Waals surface area contributed by atoms with Gasteiger partial charge in [0.2, 0.25) is 16.8 Å². The number of aromatic nitrogens is 4. The van der Waals surface area contributed by atoms with Crippen molar-refractivity contribution in [2.75, 3.05) is 5.73 Å². The van der Waals surface area contributed by atoms with Gasteiger partial charge in [-0.05, 0) is 12.0 Å². The molecule has 0 radical (unpaired) electrons. The van der Waals surface area contributed by atoms with Gasteiger partial charge in [0.25, 0.3) is 0 Å². The first kappa shape index (κ1) is 14.0. The SMILES string of the molecule is CCc1ccc(-c2noc(CSc3nnc(N)s3)n2)cc1. The molecule has 0 atom stereocenters. The zero-order chi connectivity index (χ0) is 14.7. The minimum atomic E-state index is 0.458. The summed E-state index contributed by atoms with van der Waals surface area (Å²) in [6, 6.07) is 8.16. The molecule has 0 amide bonds. The van der Waals surface area contributed by atoms with Crippen molar-refractivity contribution in [3.63, 3.8) is 0 Å². The molecule has 2 aromatic heterocycles. The van der Waals surface area contributed by atoms with Crippen LogP contribution in [0.3, 0.4) is 0 Å². The van der Waals surface area contributed by atoms with Crippen molar-refractivity contribution < 1.29 is 4.52 Å². The molecule has 0 unspecified atom stereocenters. The van der Waals surface area contributed by atoms with Crippen LogP contribution in [0.15, 0.2) is 33.1 Å². The van der Waals surface area contributed by atoms with Crippen molar-refractivity contribution in [3.8, 4) is 11.4 Å². The molecule has 0 saturated heterocycles. The highest BCUT2D eigenvalue weighted by atomic mass is 32.2. The zero-order valence-corrected chi connectivity index (χ0v) is 12.9. The van der Waals surface area contributed by atoms with E-state index in [0.29, 0.717) is 22.6 Å². The number of hydrogen-bond acceptors (Lipinski definition) is 8. The summed E-state index contributed by atoms with van der Waals surface area (Å²) >= 11 is 2.82. The summed E-state index contributed by atoms with van der Waals surface area (Å²) in [6.45, 7) is 2.12. The molecule has 0 saturated carbocycles. The monoisotopic (exact) mass is 319 g/mol. The second-order valence-corrected chi connectivity index (χ2v) is 6.49. The van der Waals surface area contributed by atoms with Crippen LogP contribution < -0.4 is 5.73 Å². The maximum Gasteiger partial charge on any atom is 0.237 e. The van der Waals surface area contributed by atoms with Gasteiger partial charge >= 0.3 is 0 Å². The normalized spacial score (nSPS) is 10.9. The van der Waals surface area contributed by atoms with E-state index >= 15 is 0 Å². The van der Waals surface area contributed by atoms with Crippen LogP contribution in [-0.2, 0) is 12.2 Å². The summed E-state index contributed by atoms with van der Waals surface area (Å²) < 4.78 is 6.04. The third-order valence-corrected chi connectivity index (χ3v) is 4.70. The Hall–Kier alpha value is -1.93. The van der Waals surface area contributed by atoms with Gasteiger partial charge in [0.1, 0.15) is 0 Å². The van der Waals surface area contributed by atoms with Gasteiger partial charge in [0.15, 0.2) is 4.34 Å². The molecule has 8 heteroatoms. The standard InChI is InChI=1S/C13H13N5OS2/c1-2-8-3-5-9(6-4-8)11-15-10(19-18-11)7-20-13-17-16-12(14)21-13/h3-6H,2,7H2,1H3,(H2,14,16). The van der Waals surface area contributed by atoms with Crippen LogP contribution in [0.5, 0.6) is 0 Å². The molecule has 3 aromatic rings. The fourth-order valence-electron chi connectivity index (χ4n) is 1.72. The van der Waals surface area contributed by atoms with E-state index in [9.17, 15) is 0 Å². The maximum absolute atomic E-state index is 5.53. The largest absolute Gasteiger partial charge is 0.374 e. The van der Waals surface area contributed by atoms with Crippen molar-refractivity contribution in [2.24, 2.45) is 0 Å². The molecule has 0 aliphatic heterocycles. The van der Waals surface area contributed by atoms with Crippen LogP contribution in [0.1, 0.15) is 18.4 Å². The highest BCUT2D eigenvalue weighted by molar-refractivity contribution is 8.00. The third kappa shape index (κ3) is 3.40. The Morgan fingerprint density at radius 1 is 1.24 bits per heavy atom. The van der Waals surface area contributed by atoms with Crippen molar-refractivity contribution >= 4 is 28.2 Å². The molecular formula is C13H13N5OS2. The van der Waals surface area contributed by atoms with E-state index in [-0.39, 0.29) is 0 Å². The van der Waals surface area contributed by atoms with Crippen molar-refractivity contribution in [1.29, 1.82) is 0 Å². The van der Waals surface area contributed by atoms with Crippen molar-refractivity contribution in [3.05, 3.63) is 35.7 Å². The minimum Gasteiger partial charge on any atom is -0.374 e. The van der Waals surface area contributed by atoms with E-state index < -0.39 is 0 Å². The first-order valence-electron chi connectivity index (χ1n) is 6.38. The number of hydrogen-bond donors (Lipinski definition) is 1. The van der Waals surface area contributed by atoms with E-state index in [0.717, 1.165) is 16.3 Å².